The molecule has 118 valence electrons. The number of carboxylic acid groups (broad SMARTS) is 1. The zero-order valence-corrected chi connectivity index (χ0v) is 14.5. The maximum absolute atomic E-state index is 11.5. The smallest absolute Gasteiger partial charge is 0.352 e. The van der Waals surface area contributed by atoms with E-state index in [0.717, 1.165) is 16.5 Å². The van der Waals surface area contributed by atoms with Crippen molar-refractivity contribution in [1.29, 1.82) is 5.41 Å². The van der Waals surface area contributed by atoms with Crippen LogP contribution in [0.3, 0.4) is 0 Å². The monoisotopic (exact) mass is 421 g/mol. The number of hydrogen-bond acceptors (Lipinski definition) is 2. The van der Waals surface area contributed by atoms with Crippen molar-refractivity contribution in [2.24, 2.45) is 5.73 Å². The summed E-state index contributed by atoms with van der Waals surface area (Å²) in [6.07, 6.45) is 0. The average molecular weight is 421 g/mol. The third-order valence-corrected chi connectivity index (χ3v) is 3.64. The van der Waals surface area contributed by atoms with Gasteiger partial charge in [-0.1, -0.05) is 42.5 Å². The van der Waals surface area contributed by atoms with Gasteiger partial charge in [0.1, 0.15) is 11.5 Å². The summed E-state index contributed by atoms with van der Waals surface area (Å²) in [5.74, 6) is -0.930. The minimum absolute atomic E-state index is 0. The third kappa shape index (κ3) is 3.37. The van der Waals surface area contributed by atoms with E-state index >= 15 is 0 Å². The summed E-state index contributed by atoms with van der Waals surface area (Å²) in [6.45, 7) is 0.452. The maximum atomic E-state index is 11.5. The number of para-hydroxylation sites is 1. The summed E-state index contributed by atoms with van der Waals surface area (Å²) in [5, 5.41) is 17.7. The average Bonchev–Trinajstić information content (AvgIpc) is 2.87. The molecule has 2 aromatic carbocycles. The molecule has 23 heavy (non-hydrogen) atoms. The van der Waals surface area contributed by atoms with E-state index < -0.39 is 5.97 Å². The van der Waals surface area contributed by atoms with Crippen molar-refractivity contribution in [3.8, 4) is 0 Å². The van der Waals surface area contributed by atoms with Crippen LogP contribution in [0.5, 0.6) is 0 Å². The normalized spacial score (nSPS) is 10.3. The Kier molecular flexibility index (Phi) is 5.05. The van der Waals surface area contributed by atoms with E-state index in [0.29, 0.717) is 12.1 Å². The van der Waals surface area contributed by atoms with Gasteiger partial charge in [0, 0.05) is 23.0 Å². The first kappa shape index (κ1) is 17.0. The van der Waals surface area contributed by atoms with Crippen molar-refractivity contribution in [1.82, 2.24) is 4.57 Å². The van der Waals surface area contributed by atoms with Crippen LogP contribution in [0.2, 0.25) is 0 Å². The molecule has 0 aliphatic rings. The lowest BCUT2D eigenvalue weighted by Crippen LogP contribution is -2.12. The highest BCUT2D eigenvalue weighted by atomic mass is 127. The van der Waals surface area contributed by atoms with Crippen molar-refractivity contribution in [2.45, 2.75) is 6.54 Å². The summed E-state index contributed by atoms with van der Waals surface area (Å²) in [6, 6.07) is 16.5. The lowest BCUT2D eigenvalue weighted by molar-refractivity contribution is 0.0686. The second-order valence-electron chi connectivity index (χ2n) is 5.09. The minimum atomic E-state index is -0.948. The second-order valence-corrected chi connectivity index (χ2v) is 5.09. The Morgan fingerprint density at radius 2 is 1.78 bits per heavy atom. The lowest BCUT2D eigenvalue weighted by atomic mass is 10.1. The van der Waals surface area contributed by atoms with E-state index in [9.17, 15) is 9.90 Å². The topological polar surface area (TPSA) is 92.1 Å². The first-order valence-corrected chi connectivity index (χ1v) is 6.81. The molecule has 0 atom stereocenters. The number of nitrogens with two attached hydrogens (primary N) is 1. The molecular weight excluding hydrogens is 405 g/mol. The van der Waals surface area contributed by atoms with E-state index in [1.54, 1.807) is 22.8 Å². The molecule has 6 heteroatoms. The molecule has 0 bridgehead atoms. The summed E-state index contributed by atoms with van der Waals surface area (Å²) in [4.78, 5) is 11.5. The number of amidine groups is 1. The molecule has 0 unspecified atom stereocenters. The maximum Gasteiger partial charge on any atom is 0.352 e. The van der Waals surface area contributed by atoms with Crippen LogP contribution < -0.4 is 5.73 Å². The number of carboxylic acids is 1. The largest absolute Gasteiger partial charge is 0.477 e. The van der Waals surface area contributed by atoms with Gasteiger partial charge in [0.25, 0.3) is 0 Å². The van der Waals surface area contributed by atoms with E-state index in [4.69, 9.17) is 11.1 Å². The van der Waals surface area contributed by atoms with E-state index in [-0.39, 0.29) is 35.5 Å². The van der Waals surface area contributed by atoms with Gasteiger partial charge < -0.3 is 15.4 Å². The predicted molar refractivity (Wildman–Crippen MR) is 101 cm³/mol. The summed E-state index contributed by atoms with van der Waals surface area (Å²) >= 11 is 0. The molecule has 1 aromatic heterocycles. The summed E-state index contributed by atoms with van der Waals surface area (Å²) in [7, 11) is 0. The van der Waals surface area contributed by atoms with Crippen LogP contribution in [0, 0.1) is 5.41 Å². The molecule has 0 aliphatic heterocycles. The van der Waals surface area contributed by atoms with Crippen LogP contribution in [0.1, 0.15) is 21.6 Å². The number of nitrogens with one attached hydrogen (secondary N) is 1. The predicted octanol–water partition coefficient (Wildman–Crippen LogP) is 3.29. The van der Waals surface area contributed by atoms with Crippen molar-refractivity contribution < 1.29 is 9.90 Å². The molecular formula is C17H16IN3O2. The molecule has 0 saturated heterocycles. The van der Waals surface area contributed by atoms with Gasteiger partial charge in [-0.2, -0.15) is 0 Å². The Morgan fingerprint density at radius 1 is 1.13 bits per heavy atom. The SMILES string of the molecule is I.N=C(N)c1ccc(Cn2c(C(=O)O)cc3ccccc32)cc1. The van der Waals surface area contributed by atoms with Gasteiger partial charge in [0.05, 0.1) is 0 Å². The number of nitrogens with zero attached hydrogens (tertiary/aromatic N) is 1. The number of hydrogen-bond donors (Lipinski definition) is 3. The quantitative estimate of drug-likeness (QED) is 0.343. The number of aromatic nitrogens is 1. The molecule has 4 N–H and O–H groups in total. The molecule has 0 spiro atoms. The first-order valence-electron chi connectivity index (χ1n) is 6.81. The fraction of sp³-hybridized carbons (Fsp3) is 0.0588. The third-order valence-electron chi connectivity index (χ3n) is 3.64. The Labute approximate surface area is 150 Å². The molecule has 1 heterocycles. The molecule has 3 rings (SSSR count). The Balaban J connectivity index is 0.00000192. The van der Waals surface area contributed by atoms with Crippen LogP contribution in [-0.2, 0) is 6.54 Å². The van der Waals surface area contributed by atoms with Crippen molar-refractivity contribution >= 4 is 46.7 Å². The zero-order valence-electron chi connectivity index (χ0n) is 12.2. The standard InChI is InChI=1S/C17H15N3O2.HI/c18-16(19)12-7-5-11(6-8-12)10-20-14-4-2-1-3-13(14)9-15(20)17(21)22;/h1-9H,10H2,(H3,18,19)(H,21,22);1H. The van der Waals surface area contributed by atoms with Crippen molar-refractivity contribution in [2.75, 3.05) is 0 Å². The van der Waals surface area contributed by atoms with Gasteiger partial charge in [0.2, 0.25) is 0 Å². The molecule has 0 aliphatic carbocycles. The number of carbonyl (C=O) groups is 1. The van der Waals surface area contributed by atoms with E-state index in [1.165, 1.54) is 0 Å². The van der Waals surface area contributed by atoms with Crippen LogP contribution in [0.15, 0.2) is 54.6 Å². The zero-order chi connectivity index (χ0) is 15.7. The first-order chi connectivity index (χ1) is 10.6. The van der Waals surface area contributed by atoms with E-state index in [1.807, 2.05) is 36.4 Å². The van der Waals surface area contributed by atoms with Crippen LogP contribution in [0.25, 0.3) is 10.9 Å². The number of rotatable bonds is 4. The van der Waals surface area contributed by atoms with Gasteiger partial charge >= 0.3 is 5.97 Å². The van der Waals surface area contributed by atoms with Crippen LogP contribution in [0.4, 0.5) is 0 Å². The second kappa shape index (κ2) is 6.82. The highest BCUT2D eigenvalue weighted by Gasteiger charge is 2.14. The fourth-order valence-corrected chi connectivity index (χ4v) is 2.53. The fourth-order valence-electron chi connectivity index (χ4n) is 2.53. The number of aromatic carboxylic acids is 1. The van der Waals surface area contributed by atoms with Gasteiger partial charge in [-0.3, -0.25) is 5.41 Å². The van der Waals surface area contributed by atoms with Crippen molar-refractivity contribution in [3.63, 3.8) is 0 Å². The number of fused-ring (bicyclic) bond motifs is 1. The number of halogens is 1. The highest BCUT2D eigenvalue weighted by Crippen LogP contribution is 2.21. The van der Waals surface area contributed by atoms with Gasteiger partial charge in [-0.05, 0) is 17.7 Å². The lowest BCUT2D eigenvalue weighted by Gasteiger charge is -2.09. The Bertz CT molecular complexity index is 869. The summed E-state index contributed by atoms with van der Waals surface area (Å²) < 4.78 is 1.78. The minimum Gasteiger partial charge on any atom is -0.477 e. The Morgan fingerprint density at radius 3 is 2.39 bits per heavy atom. The van der Waals surface area contributed by atoms with Gasteiger partial charge in [-0.25, -0.2) is 4.79 Å². The molecule has 0 fully saturated rings. The summed E-state index contributed by atoms with van der Waals surface area (Å²) in [5.41, 5.74) is 8.19. The van der Waals surface area contributed by atoms with Crippen LogP contribution in [-0.4, -0.2) is 21.5 Å². The Hall–Kier alpha value is -2.35. The highest BCUT2D eigenvalue weighted by molar-refractivity contribution is 14.0. The molecule has 0 radical (unpaired) electrons. The molecule has 5 nitrogen and oxygen atoms in total. The molecule has 3 aromatic rings. The van der Waals surface area contributed by atoms with Gasteiger partial charge in [-0.15, -0.1) is 24.0 Å². The number of benzene rings is 2. The molecule has 0 amide bonds. The molecule has 0 saturated carbocycles. The van der Waals surface area contributed by atoms with Crippen molar-refractivity contribution in [3.05, 3.63) is 71.4 Å². The van der Waals surface area contributed by atoms with E-state index in [2.05, 4.69) is 0 Å². The van der Waals surface area contributed by atoms with Crippen LogP contribution >= 0.6 is 24.0 Å². The van der Waals surface area contributed by atoms with Gasteiger partial charge in [0.15, 0.2) is 0 Å². The number of nitrogen functional groups attached to an aromatic ring is 1.